The van der Waals surface area contributed by atoms with E-state index in [1.165, 1.54) is 0 Å². The molecule has 5 nitrogen and oxygen atoms in total. The molecule has 0 saturated heterocycles. The van der Waals surface area contributed by atoms with Gasteiger partial charge in [0.05, 0.1) is 24.9 Å². The summed E-state index contributed by atoms with van der Waals surface area (Å²) in [7, 11) is 0. The van der Waals surface area contributed by atoms with Crippen molar-refractivity contribution < 1.29 is 20.1 Å². The third kappa shape index (κ3) is 4.06. The maximum atomic E-state index is 9.66. The van der Waals surface area contributed by atoms with E-state index in [4.69, 9.17) is 4.74 Å². The van der Waals surface area contributed by atoms with Crippen LogP contribution in [0.5, 0.6) is 5.75 Å². The molecule has 0 aliphatic rings. The first-order chi connectivity index (χ1) is 13.0. The van der Waals surface area contributed by atoms with Crippen molar-refractivity contribution >= 4 is 21.5 Å². The predicted molar refractivity (Wildman–Crippen MR) is 108 cm³/mol. The zero-order valence-corrected chi connectivity index (χ0v) is 15.8. The summed E-state index contributed by atoms with van der Waals surface area (Å²) in [5.41, 5.74) is 0.322. The molecule has 0 radical (unpaired) electrons. The van der Waals surface area contributed by atoms with Crippen LogP contribution in [0.4, 0.5) is 0 Å². The molecule has 0 bridgehead atoms. The van der Waals surface area contributed by atoms with Gasteiger partial charge in [0.1, 0.15) is 12.4 Å². The van der Waals surface area contributed by atoms with Crippen molar-refractivity contribution in [3.8, 4) is 5.75 Å². The SMILES string of the molecule is CC(O)COc1c2ccccc2c(CNC(C)(CO)CO)c2ccccc12. The second-order valence-electron chi connectivity index (χ2n) is 7.29. The van der Waals surface area contributed by atoms with Crippen molar-refractivity contribution in [2.45, 2.75) is 32.0 Å². The Morgan fingerprint density at radius 1 is 0.926 bits per heavy atom. The van der Waals surface area contributed by atoms with Gasteiger partial charge in [-0.15, -0.1) is 0 Å². The van der Waals surface area contributed by atoms with Gasteiger partial charge in [-0.3, -0.25) is 0 Å². The minimum atomic E-state index is -0.760. The highest BCUT2D eigenvalue weighted by molar-refractivity contribution is 6.08. The fraction of sp³-hybridized carbons (Fsp3) is 0.364. The Morgan fingerprint density at radius 2 is 1.41 bits per heavy atom. The Labute approximate surface area is 159 Å². The van der Waals surface area contributed by atoms with Gasteiger partial charge in [-0.05, 0) is 30.2 Å². The molecule has 0 fully saturated rings. The molecule has 0 heterocycles. The summed E-state index contributed by atoms with van der Waals surface area (Å²) >= 11 is 0. The number of fused-ring (bicyclic) bond motifs is 2. The van der Waals surface area contributed by atoms with Crippen molar-refractivity contribution in [1.29, 1.82) is 0 Å². The number of aliphatic hydroxyl groups is 3. The molecule has 4 N–H and O–H groups in total. The molecule has 3 rings (SSSR count). The highest BCUT2D eigenvalue weighted by Gasteiger charge is 2.23. The summed E-state index contributed by atoms with van der Waals surface area (Å²) in [6.07, 6.45) is -0.557. The highest BCUT2D eigenvalue weighted by atomic mass is 16.5. The van der Waals surface area contributed by atoms with E-state index in [1.54, 1.807) is 13.8 Å². The molecule has 1 unspecified atom stereocenters. The Hall–Kier alpha value is -2.18. The van der Waals surface area contributed by atoms with E-state index in [0.29, 0.717) is 6.54 Å². The summed E-state index contributed by atoms with van der Waals surface area (Å²) < 4.78 is 5.99. The average Bonchev–Trinajstić information content (AvgIpc) is 2.70. The zero-order valence-electron chi connectivity index (χ0n) is 15.8. The summed E-state index contributed by atoms with van der Waals surface area (Å²) in [6.45, 7) is 3.89. The van der Waals surface area contributed by atoms with E-state index >= 15 is 0 Å². The van der Waals surface area contributed by atoms with Gasteiger partial charge in [0.2, 0.25) is 0 Å². The van der Waals surface area contributed by atoms with Gasteiger partial charge >= 0.3 is 0 Å². The predicted octanol–water partition coefficient (Wildman–Crippen LogP) is 2.59. The fourth-order valence-corrected chi connectivity index (χ4v) is 3.19. The number of hydrogen-bond acceptors (Lipinski definition) is 5. The molecule has 0 saturated carbocycles. The molecule has 144 valence electrons. The summed E-state index contributed by atoms with van der Waals surface area (Å²) in [6, 6.07) is 16.0. The second-order valence-corrected chi connectivity index (χ2v) is 7.29. The second kappa shape index (κ2) is 8.23. The number of rotatable bonds is 8. The topological polar surface area (TPSA) is 82.0 Å². The van der Waals surface area contributed by atoms with Crippen LogP contribution >= 0.6 is 0 Å². The van der Waals surface area contributed by atoms with Crippen LogP contribution in [0.1, 0.15) is 19.4 Å². The van der Waals surface area contributed by atoms with Crippen LogP contribution in [0.3, 0.4) is 0 Å². The fourth-order valence-electron chi connectivity index (χ4n) is 3.19. The zero-order chi connectivity index (χ0) is 19.4. The molecule has 5 heteroatoms. The van der Waals surface area contributed by atoms with Crippen molar-refractivity contribution in [2.75, 3.05) is 19.8 Å². The smallest absolute Gasteiger partial charge is 0.135 e. The normalized spacial score (nSPS) is 13.2. The van der Waals surface area contributed by atoms with Gasteiger partial charge in [-0.25, -0.2) is 0 Å². The van der Waals surface area contributed by atoms with Crippen molar-refractivity contribution in [3.63, 3.8) is 0 Å². The molecule has 1 atom stereocenters. The minimum Gasteiger partial charge on any atom is -0.490 e. The summed E-state index contributed by atoms with van der Waals surface area (Å²) in [4.78, 5) is 0. The molecular formula is C22H27NO4. The molecule has 0 spiro atoms. The summed E-state index contributed by atoms with van der Waals surface area (Å²) in [5.74, 6) is 0.762. The van der Waals surface area contributed by atoms with Gasteiger partial charge in [0, 0.05) is 17.3 Å². The Balaban J connectivity index is 2.16. The van der Waals surface area contributed by atoms with Gasteiger partial charge in [0.25, 0.3) is 0 Å². The number of ether oxygens (including phenoxy) is 1. The van der Waals surface area contributed by atoms with E-state index < -0.39 is 11.6 Å². The summed E-state index contributed by atoms with van der Waals surface area (Å²) in [5, 5.41) is 36.2. The quantitative estimate of drug-likeness (QED) is 0.459. The number of nitrogens with one attached hydrogen (secondary N) is 1. The minimum absolute atomic E-state index is 0.158. The standard InChI is InChI=1S/C22H27NO4/c1-15(26)12-27-21-18-9-5-3-7-16(18)20(11-23-22(2,13-24)14-25)17-8-4-6-10-19(17)21/h3-10,15,23-26H,11-14H2,1-2H3. The number of aliphatic hydroxyl groups excluding tert-OH is 3. The van der Waals surface area contributed by atoms with Crippen LogP contribution in [-0.2, 0) is 6.54 Å². The average molecular weight is 369 g/mol. The first-order valence-corrected chi connectivity index (χ1v) is 9.19. The first-order valence-electron chi connectivity index (χ1n) is 9.19. The molecule has 27 heavy (non-hydrogen) atoms. The monoisotopic (exact) mass is 369 g/mol. The van der Waals surface area contributed by atoms with Crippen LogP contribution in [-0.4, -0.2) is 46.8 Å². The molecule has 0 amide bonds. The van der Waals surface area contributed by atoms with E-state index in [1.807, 2.05) is 48.5 Å². The Kier molecular flexibility index (Phi) is 5.97. The van der Waals surface area contributed by atoms with Crippen LogP contribution < -0.4 is 10.1 Å². The van der Waals surface area contributed by atoms with E-state index in [-0.39, 0.29) is 19.8 Å². The molecule has 0 aliphatic heterocycles. The van der Waals surface area contributed by atoms with Gasteiger partial charge in [-0.2, -0.15) is 0 Å². The third-order valence-electron chi connectivity index (χ3n) is 4.85. The lowest BCUT2D eigenvalue weighted by Crippen LogP contribution is -2.48. The van der Waals surface area contributed by atoms with Crippen molar-refractivity contribution in [1.82, 2.24) is 5.32 Å². The van der Waals surface area contributed by atoms with Crippen molar-refractivity contribution in [2.24, 2.45) is 0 Å². The van der Waals surface area contributed by atoms with E-state index in [2.05, 4.69) is 5.32 Å². The maximum absolute atomic E-state index is 9.66. The lowest BCUT2D eigenvalue weighted by atomic mass is 9.94. The Morgan fingerprint density at radius 3 is 1.85 bits per heavy atom. The molecular weight excluding hydrogens is 342 g/mol. The first kappa shape index (κ1) is 19.6. The number of hydrogen-bond donors (Lipinski definition) is 4. The molecule has 0 aliphatic carbocycles. The highest BCUT2D eigenvalue weighted by Crippen LogP contribution is 2.38. The Bertz CT molecular complexity index is 862. The van der Waals surface area contributed by atoms with Crippen LogP contribution in [0.25, 0.3) is 21.5 Å². The van der Waals surface area contributed by atoms with Crippen LogP contribution in [0.15, 0.2) is 48.5 Å². The molecule has 3 aromatic rings. The van der Waals surface area contributed by atoms with Gasteiger partial charge < -0.3 is 25.4 Å². The third-order valence-corrected chi connectivity index (χ3v) is 4.85. The van der Waals surface area contributed by atoms with Gasteiger partial charge in [0.15, 0.2) is 0 Å². The van der Waals surface area contributed by atoms with E-state index in [0.717, 1.165) is 32.9 Å². The maximum Gasteiger partial charge on any atom is 0.135 e. The molecule has 3 aromatic carbocycles. The lowest BCUT2D eigenvalue weighted by molar-refractivity contribution is 0.103. The molecule has 0 aromatic heterocycles. The number of benzene rings is 3. The van der Waals surface area contributed by atoms with Crippen LogP contribution in [0, 0.1) is 0 Å². The van der Waals surface area contributed by atoms with Crippen molar-refractivity contribution in [3.05, 3.63) is 54.1 Å². The van der Waals surface area contributed by atoms with Crippen LogP contribution in [0.2, 0.25) is 0 Å². The van der Waals surface area contributed by atoms with E-state index in [9.17, 15) is 15.3 Å². The largest absolute Gasteiger partial charge is 0.490 e. The lowest BCUT2D eigenvalue weighted by Gasteiger charge is -2.27. The van der Waals surface area contributed by atoms with Gasteiger partial charge in [-0.1, -0.05) is 48.5 Å².